The highest BCUT2D eigenvalue weighted by Gasteiger charge is 2.35. The maximum atomic E-state index is 11.5. The number of hydrogen-bond donors (Lipinski definition) is 0. The smallest absolute Gasteiger partial charge is 0.335 e. The van der Waals surface area contributed by atoms with E-state index in [1.54, 1.807) is 0 Å². The van der Waals surface area contributed by atoms with E-state index in [0.717, 1.165) is 0 Å². The fourth-order valence-electron chi connectivity index (χ4n) is 1.51. The van der Waals surface area contributed by atoms with Crippen LogP contribution in [0.2, 0.25) is 0 Å². The van der Waals surface area contributed by atoms with Crippen molar-refractivity contribution in [2.24, 2.45) is 0 Å². The molecular formula is C10H14O6. The summed E-state index contributed by atoms with van der Waals surface area (Å²) in [5.41, 5.74) is 0. The molecule has 6 nitrogen and oxygen atoms in total. The average molecular weight is 230 g/mol. The molecule has 1 fully saturated rings. The zero-order valence-electron chi connectivity index (χ0n) is 9.23. The fourth-order valence-corrected chi connectivity index (χ4v) is 1.51. The van der Waals surface area contributed by atoms with Crippen LogP contribution >= 0.6 is 0 Å². The summed E-state index contributed by atoms with van der Waals surface area (Å²) < 4.78 is 14.1. The Bertz CT molecular complexity index is 298. The SMILES string of the molecule is COC(=O)CC(=O)[C@@H]1CC[C@H](C(=O)OC)O1. The first-order valence-corrected chi connectivity index (χ1v) is 4.91. The maximum Gasteiger partial charge on any atom is 0.335 e. The summed E-state index contributed by atoms with van der Waals surface area (Å²) in [5.74, 6) is -1.46. The standard InChI is InChI=1S/C10H14O6/c1-14-9(12)5-6(11)7-3-4-8(16-7)10(13)15-2/h7-8H,3-5H2,1-2H3/t7-,8+/m0/s1. The van der Waals surface area contributed by atoms with E-state index in [0.29, 0.717) is 12.8 Å². The molecule has 16 heavy (non-hydrogen) atoms. The van der Waals surface area contributed by atoms with Gasteiger partial charge in [-0.25, -0.2) is 4.79 Å². The summed E-state index contributed by atoms with van der Waals surface area (Å²) in [7, 11) is 2.47. The predicted molar refractivity (Wildman–Crippen MR) is 51.6 cm³/mol. The summed E-state index contributed by atoms with van der Waals surface area (Å²) in [6.45, 7) is 0. The second-order valence-electron chi connectivity index (χ2n) is 3.43. The van der Waals surface area contributed by atoms with E-state index >= 15 is 0 Å². The summed E-state index contributed by atoms with van der Waals surface area (Å²) in [4.78, 5) is 33.5. The van der Waals surface area contributed by atoms with Crippen LogP contribution in [0.25, 0.3) is 0 Å². The number of ether oxygens (including phenoxy) is 3. The third kappa shape index (κ3) is 3.03. The third-order valence-corrected chi connectivity index (χ3v) is 2.39. The Morgan fingerprint density at radius 2 is 1.75 bits per heavy atom. The van der Waals surface area contributed by atoms with Gasteiger partial charge in [0.2, 0.25) is 0 Å². The van der Waals surface area contributed by atoms with Gasteiger partial charge in [-0.2, -0.15) is 0 Å². The Labute approximate surface area is 92.8 Å². The zero-order valence-corrected chi connectivity index (χ0v) is 9.23. The molecule has 0 spiro atoms. The van der Waals surface area contributed by atoms with Crippen LogP contribution in [0.4, 0.5) is 0 Å². The van der Waals surface area contributed by atoms with Gasteiger partial charge in [-0.3, -0.25) is 9.59 Å². The molecule has 0 bridgehead atoms. The van der Waals surface area contributed by atoms with Crippen molar-refractivity contribution in [2.45, 2.75) is 31.5 Å². The fraction of sp³-hybridized carbons (Fsp3) is 0.700. The molecule has 0 radical (unpaired) electrons. The molecule has 0 N–H and O–H groups in total. The summed E-state index contributed by atoms with van der Waals surface area (Å²) >= 11 is 0. The van der Waals surface area contributed by atoms with E-state index in [4.69, 9.17) is 4.74 Å². The Kier molecular flexibility index (Phi) is 4.42. The molecule has 1 aliphatic heterocycles. The van der Waals surface area contributed by atoms with E-state index in [-0.39, 0.29) is 12.2 Å². The first-order chi connectivity index (χ1) is 7.58. The number of rotatable bonds is 4. The first kappa shape index (κ1) is 12.6. The molecule has 0 aromatic carbocycles. The van der Waals surface area contributed by atoms with Gasteiger partial charge in [-0.05, 0) is 12.8 Å². The van der Waals surface area contributed by atoms with Crippen molar-refractivity contribution < 1.29 is 28.6 Å². The molecule has 0 unspecified atom stereocenters. The molecule has 1 rings (SSSR count). The van der Waals surface area contributed by atoms with E-state index < -0.39 is 24.1 Å². The van der Waals surface area contributed by atoms with E-state index in [9.17, 15) is 14.4 Å². The van der Waals surface area contributed by atoms with Crippen LogP contribution < -0.4 is 0 Å². The maximum absolute atomic E-state index is 11.5. The Morgan fingerprint density at radius 3 is 2.31 bits per heavy atom. The number of hydrogen-bond acceptors (Lipinski definition) is 6. The highest BCUT2D eigenvalue weighted by Crippen LogP contribution is 2.22. The number of Topliss-reactive ketones (excluding diaryl/α,β-unsaturated/α-hetero) is 1. The number of ketones is 1. The third-order valence-electron chi connectivity index (χ3n) is 2.39. The lowest BCUT2D eigenvalue weighted by molar-refractivity contribution is -0.155. The molecule has 0 aromatic heterocycles. The van der Waals surface area contributed by atoms with E-state index in [1.807, 2.05) is 0 Å². The molecule has 90 valence electrons. The van der Waals surface area contributed by atoms with Crippen molar-refractivity contribution in [3.05, 3.63) is 0 Å². The van der Waals surface area contributed by atoms with Gasteiger partial charge >= 0.3 is 11.9 Å². The van der Waals surface area contributed by atoms with Crippen molar-refractivity contribution in [2.75, 3.05) is 14.2 Å². The molecule has 1 heterocycles. The van der Waals surface area contributed by atoms with Gasteiger partial charge in [-0.1, -0.05) is 0 Å². The van der Waals surface area contributed by atoms with Gasteiger partial charge in [0.05, 0.1) is 14.2 Å². The highest BCUT2D eigenvalue weighted by atomic mass is 16.6. The molecule has 2 atom stereocenters. The molecule has 0 aliphatic carbocycles. The van der Waals surface area contributed by atoms with Gasteiger partial charge in [0, 0.05) is 0 Å². The number of methoxy groups -OCH3 is 2. The van der Waals surface area contributed by atoms with E-state index in [2.05, 4.69) is 9.47 Å². The van der Waals surface area contributed by atoms with Gasteiger partial charge in [0.15, 0.2) is 11.9 Å². The average Bonchev–Trinajstić information content (AvgIpc) is 2.77. The van der Waals surface area contributed by atoms with Crippen LogP contribution in [0.5, 0.6) is 0 Å². The van der Waals surface area contributed by atoms with Crippen LogP contribution in [0, 0.1) is 0 Å². The number of carbonyl (C=O) groups excluding carboxylic acids is 3. The van der Waals surface area contributed by atoms with Crippen molar-refractivity contribution in [1.82, 2.24) is 0 Å². The second kappa shape index (κ2) is 5.60. The molecule has 0 aromatic rings. The number of carbonyl (C=O) groups is 3. The Hall–Kier alpha value is -1.43. The zero-order chi connectivity index (χ0) is 12.1. The van der Waals surface area contributed by atoms with Crippen molar-refractivity contribution in [3.63, 3.8) is 0 Å². The Morgan fingerprint density at radius 1 is 1.12 bits per heavy atom. The van der Waals surface area contributed by atoms with Gasteiger partial charge in [-0.15, -0.1) is 0 Å². The molecule has 0 amide bonds. The van der Waals surface area contributed by atoms with Crippen molar-refractivity contribution >= 4 is 17.7 Å². The second-order valence-corrected chi connectivity index (χ2v) is 3.43. The van der Waals surface area contributed by atoms with Crippen LogP contribution in [-0.2, 0) is 28.6 Å². The summed E-state index contributed by atoms with van der Waals surface area (Å²) in [6, 6.07) is 0. The van der Waals surface area contributed by atoms with Crippen LogP contribution in [-0.4, -0.2) is 44.1 Å². The normalized spacial score (nSPS) is 23.9. The van der Waals surface area contributed by atoms with Crippen LogP contribution in [0.15, 0.2) is 0 Å². The van der Waals surface area contributed by atoms with Gasteiger partial charge in [0.25, 0.3) is 0 Å². The minimum absolute atomic E-state index is 0.324. The lowest BCUT2D eigenvalue weighted by atomic mass is 10.1. The molecule has 1 saturated heterocycles. The van der Waals surface area contributed by atoms with Crippen LogP contribution in [0.3, 0.4) is 0 Å². The van der Waals surface area contributed by atoms with Gasteiger partial charge in [0.1, 0.15) is 12.5 Å². The molecule has 6 heteroatoms. The predicted octanol–water partition coefficient (Wildman–Crippen LogP) is -0.161. The highest BCUT2D eigenvalue weighted by molar-refractivity contribution is 5.98. The van der Waals surface area contributed by atoms with Crippen molar-refractivity contribution in [3.8, 4) is 0 Å². The number of esters is 2. The largest absolute Gasteiger partial charge is 0.469 e. The topological polar surface area (TPSA) is 78.9 Å². The monoisotopic (exact) mass is 230 g/mol. The summed E-state index contributed by atoms with van der Waals surface area (Å²) in [5, 5.41) is 0. The minimum atomic E-state index is -0.705. The van der Waals surface area contributed by atoms with E-state index in [1.165, 1.54) is 14.2 Å². The minimum Gasteiger partial charge on any atom is -0.469 e. The molecular weight excluding hydrogens is 216 g/mol. The van der Waals surface area contributed by atoms with Crippen molar-refractivity contribution in [1.29, 1.82) is 0 Å². The van der Waals surface area contributed by atoms with Crippen LogP contribution in [0.1, 0.15) is 19.3 Å². The quantitative estimate of drug-likeness (QED) is 0.493. The lowest BCUT2D eigenvalue weighted by Gasteiger charge is -2.10. The first-order valence-electron chi connectivity index (χ1n) is 4.91. The molecule has 1 aliphatic rings. The van der Waals surface area contributed by atoms with Gasteiger partial charge < -0.3 is 14.2 Å². The summed E-state index contributed by atoms with van der Waals surface area (Å²) in [6.07, 6.45) is -0.866. The molecule has 0 saturated carbocycles. The lowest BCUT2D eigenvalue weighted by Crippen LogP contribution is -2.27. The Balaban J connectivity index is 2.43.